The lowest BCUT2D eigenvalue weighted by Gasteiger charge is -2.25. The van der Waals surface area contributed by atoms with Crippen LogP contribution in [-0.4, -0.2) is 12.6 Å². The number of carbonyl (C=O) groups is 1. The maximum absolute atomic E-state index is 11.3. The Hall–Kier alpha value is -2.55. The van der Waals surface area contributed by atoms with Crippen molar-refractivity contribution < 1.29 is 4.79 Å². The highest BCUT2D eigenvalue weighted by Crippen LogP contribution is 2.23. The number of nitrogens with one attached hydrogen (secondary N) is 1. The molecule has 0 aromatic heterocycles. The van der Waals surface area contributed by atoms with E-state index in [4.69, 9.17) is 0 Å². The summed E-state index contributed by atoms with van der Waals surface area (Å²) in [5.74, 6) is -0.183. The van der Waals surface area contributed by atoms with Gasteiger partial charge in [-0.2, -0.15) is 0 Å². The molecule has 0 fully saturated rings. The SMILES string of the molecule is C=CC(=O)NCN(c1ccccc1)c1ccccc1. The largest absolute Gasteiger partial charge is 0.335 e. The van der Waals surface area contributed by atoms with E-state index in [1.807, 2.05) is 65.6 Å². The van der Waals surface area contributed by atoms with Gasteiger partial charge in [0.1, 0.15) is 0 Å². The molecule has 0 heterocycles. The second-order valence-electron chi connectivity index (χ2n) is 4.00. The van der Waals surface area contributed by atoms with Gasteiger partial charge < -0.3 is 10.2 Å². The number of para-hydroxylation sites is 2. The van der Waals surface area contributed by atoms with Crippen molar-refractivity contribution in [3.63, 3.8) is 0 Å². The maximum atomic E-state index is 11.3. The van der Waals surface area contributed by atoms with E-state index in [1.54, 1.807) is 0 Å². The lowest BCUT2D eigenvalue weighted by molar-refractivity contribution is -0.116. The molecule has 2 aromatic carbocycles. The molecule has 2 rings (SSSR count). The molecule has 96 valence electrons. The van der Waals surface area contributed by atoms with Crippen LogP contribution in [0, 0.1) is 0 Å². The number of carbonyl (C=O) groups excluding carboxylic acids is 1. The van der Waals surface area contributed by atoms with E-state index >= 15 is 0 Å². The number of anilines is 2. The Morgan fingerprint density at radius 2 is 1.47 bits per heavy atom. The first kappa shape index (κ1) is 12.9. The number of benzene rings is 2. The van der Waals surface area contributed by atoms with Crippen LogP contribution in [0.2, 0.25) is 0 Å². The van der Waals surface area contributed by atoms with Crippen LogP contribution in [0.25, 0.3) is 0 Å². The minimum absolute atomic E-state index is 0.183. The normalized spacial score (nSPS) is 9.68. The first-order valence-electron chi connectivity index (χ1n) is 6.09. The fraction of sp³-hybridized carbons (Fsp3) is 0.0625. The van der Waals surface area contributed by atoms with Crippen LogP contribution >= 0.6 is 0 Å². The number of amides is 1. The summed E-state index contributed by atoms with van der Waals surface area (Å²) in [6.07, 6.45) is 1.27. The third-order valence-electron chi connectivity index (χ3n) is 2.73. The van der Waals surface area contributed by atoms with Crippen molar-refractivity contribution in [1.82, 2.24) is 5.32 Å². The van der Waals surface area contributed by atoms with Crippen molar-refractivity contribution in [2.75, 3.05) is 11.6 Å². The van der Waals surface area contributed by atoms with Gasteiger partial charge in [-0.15, -0.1) is 0 Å². The molecule has 2 aromatic rings. The highest BCUT2D eigenvalue weighted by molar-refractivity contribution is 5.87. The van der Waals surface area contributed by atoms with Crippen LogP contribution in [0.5, 0.6) is 0 Å². The predicted molar refractivity (Wildman–Crippen MR) is 78.2 cm³/mol. The van der Waals surface area contributed by atoms with Gasteiger partial charge in [0.05, 0.1) is 6.67 Å². The molecule has 1 N–H and O–H groups in total. The van der Waals surface area contributed by atoms with Gasteiger partial charge in [-0.25, -0.2) is 0 Å². The Kier molecular flexibility index (Phi) is 4.34. The third kappa shape index (κ3) is 3.45. The molecule has 0 aliphatic heterocycles. The molecule has 3 nitrogen and oxygen atoms in total. The zero-order valence-corrected chi connectivity index (χ0v) is 10.6. The zero-order chi connectivity index (χ0) is 13.5. The van der Waals surface area contributed by atoms with Gasteiger partial charge in [0.25, 0.3) is 0 Å². The first-order valence-corrected chi connectivity index (χ1v) is 6.09. The van der Waals surface area contributed by atoms with Crippen LogP contribution in [0.3, 0.4) is 0 Å². The lowest BCUT2D eigenvalue weighted by atomic mass is 10.2. The lowest BCUT2D eigenvalue weighted by Crippen LogP contribution is -2.33. The van der Waals surface area contributed by atoms with Gasteiger partial charge in [-0.1, -0.05) is 43.0 Å². The molecule has 1 amide bonds. The van der Waals surface area contributed by atoms with Crippen LogP contribution in [-0.2, 0) is 4.79 Å². The second-order valence-corrected chi connectivity index (χ2v) is 4.00. The molecule has 3 heteroatoms. The summed E-state index contributed by atoms with van der Waals surface area (Å²) < 4.78 is 0. The maximum Gasteiger partial charge on any atom is 0.244 e. The summed E-state index contributed by atoms with van der Waals surface area (Å²) >= 11 is 0. The van der Waals surface area contributed by atoms with Crippen molar-refractivity contribution >= 4 is 17.3 Å². The fourth-order valence-electron chi connectivity index (χ4n) is 1.78. The quantitative estimate of drug-likeness (QED) is 0.655. The van der Waals surface area contributed by atoms with Crippen LogP contribution in [0.15, 0.2) is 73.3 Å². The summed E-state index contributed by atoms with van der Waals surface area (Å²) in [5.41, 5.74) is 2.05. The van der Waals surface area contributed by atoms with Gasteiger partial charge in [0, 0.05) is 11.4 Å². The first-order chi connectivity index (χ1) is 9.31. The Balaban J connectivity index is 2.24. The molecule has 19 heavy (non-hydrogen) atoms. The van der Waals surface area contributed by atoms with Crippen molar-refractivity contribution in [2.45, 2.75) is 0 Å². The summed E-state index contributed by atoms with van der Waals surface area (Å²) in [6.45, 7) is 3.86. The minimum Gasteiger partial charge on any atom is -0.335 e. The van der Waals surface area contributed by atoms with Crippen molar-refractivity contribution in [2.24, 2.45) is 0 Å². The predicted octanol–water partition coefficient (Wildman–Crippen LogP) is 3.08. The standard InChI is InChI=1S/C16H16N2O/c1-2-16(19)17-13-18(14-9-5-3-6-10-14)15-11-7-4-8-12-15/h2-12H,1,13H2,(H,17,19). The Morgan fingerprint density at radius 1 is 1.00 bits per heavy atom. The molecular formula is C16H16N2O. The molecule has 0 saturated carbocycles. The highest BCUT2D eigenvalue weighted by Gasteiger charge is 2.08. The van der Waals surface area contributed by atoms with E-state index in [0.29, 0.717) is 6.67 Å². The van der Waals surface area contributed by atoms with E-state index in [1.165, 1.54) is 6.08 Å². The van der Waals surface area contributed by atoms with E-state index in [2.05, 4.69) is 11.9 Å². The zero-order valence-electron chi connectivity index (χ0n) is 10.6. The average Bonchev–Trinajstić information content (AvgIpc) is 2.49. The Labute approximate surface area is 113 Å². The van der Waals surface area contributed by atoms with E-state index in [0.717, 1.165) is 11.4 Å². The summed E-state index contributed by atoms with van der Waals surface area (Å²) in [7, 11) is 0. The molecule has 0 bridgehead atoms. The van der Waals surface area contributed by atoms with Crippen LogP contribution in [0.4, 0.5) is 11.4 Å². The number of hydrogen-bond acceptors (Lipinski definition) is 2. The monoisotopic (exact) mass is 252 g/mol. The van der Waals surface area contributed by atoms with Crippen LogP contribution < -0.4 is 10.2 Å². The molecule has 0 saturated heterocycles. The van der Waals surface area contributed by atoms with Crippen molar-refractivity contribution in [1.29, 1.82) is 0 Å². The smallest absolute Gasteiger partial charge is 0.244 e. The summed E-state index contributed by atoms with van der Waals surface area (Å²) in [4.78, 5) is 13.4. The molecule has 0 radical (unpaired) electrons. The molecule has 0 atom stereocenters. The van der Waals surface area contributed by atoms with Gasteiger partial charge in [0.15, 0.2) is 0 Å². The van der Waals surface area contributed by atoms with Crippen molar-refractivity contribution in [3.05, 3.63) is 73.3 Å². The number of nitrogens with zero attached hydrogens (tertiary/aromatic N) is 1. The minimum atomic E-state index is -0.183. The topological polar surface area (TPSA) is 32.3 Å². The van der Waals surface area contributed by atoms with Gasteiger partial charge >= 0.3 is 0 Å². The van der Waals surface area contributed by atoms with Gasteiger partial charge in [-0.05, 0) is 30.3 Å². The average molecular weight is 252 g/mol. The van der Waals surface area contributed by atoms with Crippen LogP contribution in [0.1, 0.15) is 0 Å². The van der Waals surface area contributed by atoms with Gasteiger partial charge in [0.2, 0.25) is 5.91 Å². The summed E-state index contributed by atoms with van der Waals surface area (Å²) in [5, 5.41) is 2.80. The van der Waals surface area contributed by atoms with Gasteiger partial charge in [-0.3, -0.25) is 4.79 Å². The molecule has 0 unspecified atom stereocenters. The number of rotatable bonds is 5. The van der Waals surface area contributed by atoms with E-state index < -0.39 is 0 Å². The van der Waals surface area contributed by atoms with E-state index in [-0.39, 0.29) is 5.91 Å². The Bertz CT molecular complexity index is 498. The third-order valence-corrected chi connectivity index (χ3v) is 2.73. The fourth-order valence-corrected chi connectivity index (χ4v) is 1.78. The highest BCUT2D eigenvalue weighted by atomic mass is 16.1. The Morgan fingerprint density at radius 3 is 1.89 bits per heavy atom. The molecule has 0 aliphatic rings. The summed E-state index contributed by atoms with van der Waals surface area (Å²) in [6, 6.07) is 19.9. The molecule has 0 aliphatic carbocycles. The van der Waals surface area contributed by atoms with E-state index in [9.17, 15) is 4.79 Å². The molecular weight excluding hydrogens is 236 g/mol. The second kappa shape index (κ2) is 6.40. The number of hydrogen-bond donors (Lipinski definition) is 1. The molecule has 0 spiro atoms. The van der Waals surface area contributed by atoms with Crippen molar-refractivity contribution in [3.8, 4) is 0 Å².